The van der Waals surface area contributed by atoms with Crippen molar-refractivity contribution in [1.29, 1.82) is 0 Å². The first-order valence-electron chi connectivity index (χ1n) is 7.40. The Morgan fingerprint density at radius 3 is 1.57 bits per heavy atom. The van der Waals surface area contributed by atoms with Crippen molar-refractivity contribution in [3.05, 3.63) is 29.3 Å². The van der Waals surface area contributed by atoms with Gasteiger partial charge in [-0.3, -0.25) is 4.79 Å². The van der Waals surface area contributed by atoms with E-state index >= 15 is 0 Å². The smallest absolute Gasteiger partial charge is 0.320 e. The van der Waals surface area contributed by atoms with Crippen molar-refractivity contribution in [2.45, 2.75) is 49.6 Å². The Morgan fingerprint density at radius 1 is 0.700 bits per heavy atom. The lowest BCUT2D eigenvalue weighted by molar-refractivity contribution is -0.435. The highest BCUT2D eigenvalue weighted by Crippen LogP contribution is 2.60. The molecule has 0 unspecified atom stereocenters. The summed E-state index contributed by atoms with van der Waals surface area (Å²) in [6.07, 6.45) is -7.51. The second-order valence-corrected chi connectivity index (χ2v) is 6.07. The zero-order valence-electron chi connectivity index (χ0n) is 14.6. The van der Waals surface area contributed by atoms with Crippen LogP contribution in [0.25, 0.3) is 0 Å². The predicted octanol–water partition coefficient (Wildman–Crippen LogP) is 5.98. The van der Waals surface area contributed by atoms with Gasteiger partial charge in [0.05, 0.1) is 0 Å². The quantitative estimate of drug-likeness (QED) is 0.513. The number of anilines is 1. The highest BCUT2D eigenvalue weighted by atomic mass is 19.4. The van der Waals surface area contributed by atoms with Crippen molar-refractivity contribution < 1.29 is 61.9 Å². The summed E-state index contributed by atoms with van der Waals surface area (Å²) in [5, 5.41) is 1.03. The van der Waals surface area contributed by atoms with Gasteiger partial charge in [-0.1, -0.05) is 12.1 Å². The first-order chi connectivity index (χ1) is 13.1. The number of carbonyl (C=O) groups excluding carboxylic acids is 1. The molecule has 1 amide bonds. The van der Waals surface area contributed by atoms with Crippen LogP contribution in [0, 0.1) is 13.8 Å². The SMILES string of the molecule is Cc1cccc(NC(=O)C(F)(F)C(F)(F)C(F)(F)C(F)(F)C(F)(F)C(F)(F)F)c1C. The molecule has 1 aromatic carbocycles. The van der Waals surface area contributed by atoms with Gasteiger partial charge in [-0.05, 0) is 31.0 Å². The van der Waals surface area contributed by atoms with E-state index in [4.69, 9.17) is 0 Å². The van der Waals surface area contributed by atoms with E-state index in [-0.39, 0.29) is 11.1 Å². The van der Waals surface area contributed by atoms with E-state index in [2.05, 4.69) is 0 Å². The van der Waals surface area contributed by atoms with Gasteiger partial charge in [0.25, 0.3) is 0 Å². The Kier molecular flexibility index (Phi) is 6.18. The van der Waals surface area contributed by atoms with Gasteiger partial charge in [-0.2, -0.15) is 57.1 Å². The molecule has 1 N–H and O–H groups in total. The first-order valence-corrected chi connectivity index (χ1v) is 7.40. The van der Waals surface area contributed by atoms with Crippen LogP contribution >= 0.6 is 0 Å². The summed E-state index contributed by atoms with van der Waals surface area (Å²) in [6, 6.07) is 3.24. The minimum Gasteiger partial charge on any atom is -0.320 e. The number of rotatable bonds is 6. The van der Waals surface area contributed by atoms with Crippen molar-refractivity contribution in [1.82, 2.24) is 0 Å². The van der Waals surface area contributed by atoms with Crippen LogP contribution in [-0.4, -0.2) is 41.7 Å². The van der Waals surface area contributed by atoms with E-state index in [0.717, 1.165) is 24.4 Å². The molecule has 15 heteroatoms. The number of hydrogen-bond donors (Lipinski definition) is 1. The Bertz CT molecular complexity index is 813. The average Bonchev–Trinajstić information content (AvgIpc) is 2.57. The zero-order chi connectivity index (χ0) is 24.1. The fourth-order valence-corrected chi connectivity index (χ4v) is 2.00. The molecule has 0 aliphatic carbocycles. The average molecular weight is 467 g/mol. The molecule has 0 fully saturated rings. The van der Waals surface area contributed by atoms with Gasteiger partial charge in [0.15, 0.2) is 0 Å². The second kappa shape index (κ2) is 7.18. The summed E-state index contributed by atoms with van der Waals surface area (Å²) in [7, 11) is 0. The Hall–Kier alpha value is -2.22. The van der Waals surface area contributed by atoms with Crippen molar-refractivity contribution in [3.8, 4) is 0 Å². The summed E-state index contributed by atoms with van der Waals surface area (Å²) in [6.45, 7) is 2.49. The number of alkyl halides is 13. The van der Waals surface area contributed by atoms with E-state index in [9.17, 15) is 61.9 Å². The topological polar surface area (TPSA) is 29.1 Å². The molecule has 0 radical (unpaired) electrons. The summed E-state index contributed by atoms with van der Waals surface area (Å²) in [5.41, 5.74) is -0.443. The summed E-state index contributed by atoms with van der Waals surface area (Å²) >= 11 is 0. The molecule has 0 aliphatic rings. The van der Waals surface area contributed by atoms with Crippen LogP contribution in [0.4, 0.5) is 62.8 Å². The molecule has 0 spiro atoms. The lowest BCUT2D eigenvalue weighted by Crippen LogP contribution is -2.71. The van der Waals surface area contributed by atoms with E-state index in [1.54, 1.807) is 0 Å². The molecule has 172 valence electrons. The van der Waals surface area contributed by atoms with Gasteiger partial charge in [-0.25, -0.2) is 0 Å². The van der Waals surface area contributed by atoms with Crippen molar-refractivity contribution in [3.63, 3.8) is 0 Å². The van der Waals surface area contributed by atoms with Crippen LogP contribution in [0.1, 0.15) is 11.1 Å². The zero-order valence-corrected chi connectivity index (χ0v) is 14.6. The van der Waals surface area contributed by atoms with Gasteiger partial charge in [0, 0.05) is 5.69 Å². The van der Waals surface area contributed by atoms with Gasteiger partial charge in [-0.15, -0.1) is 0 Å². The lowest BCUT2D eigenvalue weighted by Gasteiger charge is -2.39. The van der Waals surface area contributed by atoms with Crippen LogP contribution in [0.3, 0.4) is 0 Å². The molecule has 0 saturated heterocycles. The van der Waals surface area contributed by atoms with Crippen molar-refractivity contribution >= 4 is 11.6 Å². The Balaban J connectivity index is 3.44. The van der Waals surface area contributed by atoms with E-state index in [1.807, 2.05) is 0 Å². The standard InChI is InChI=1S/C15H10F13NO/c1-6-4-3-5-8(7(6)2)29-9(30)10(16,17)11(18,19)12(20,21)13(22,23)14(24,25)15(26,27)28/h3-5H,1-2H3,(H,29,30). The van der Waals surface area contributed by atoms with Crippen LogP contribution in [-0.2, 0) is 4.79 Å². The first kappa shape index (κ1) is 25.8. The number of hydrogen-bond acceptors (Lipinski definition) is 1. The van der Waals surface area contributed by atoms with Crippen molar-refractivity contribution in [2.75, 3.05) is 5.32 Å². The van der Waals surface area contributed by atoms with E-state index < -0.39 is 47.4 Å². The fourth-order valence-electron chi connectivity index (χ4n) is 2.00. The Morgan fingerprint density at radius 2 is 1.13 bits per heavy atom. The monoisotopic (exact) mass is 467 g/mol. The lowest BCUT2D eigenvalue weighted by atomic mass is 9.93. The van der Waals surface area contributed by atoms with E-state index in [0.29, 0.717) is 0 Å². The highest BCUT2D eigenvalue weighted by molar-refractivity contribution is 5.97. The number of benzene rings is 1. The number of aryl methyl sites for hydroxylation is 1. The summed E-state index contributed by atoms with van der Waals surface area (Å²) in [5.74, 6) is -41.7. The van der Waals surface area contributed by atoms with Crippen molar-refractivity contribution in [2.24, 2.45) is 0 Å². The molecule has 0 atom stereocenters. The van der Waals surface area contributed by atoms with Crippen LogP contribution in [0.5, 0.6) is 0 Å². The number of amides is 1. The van der Waals surface area contributed by atoms with Gasteiger partial charge in [0.2, 0.25) is 0 Å². The molecular weight excluding hydrogens is 457 g/mol. The third-order valence-electron chi connectivity index (χ3n) is 4.07. The molecule has 0 heterocycles. The highest BCUT2D eigenvalue weighted by Gasteiger charge is 2.91. The number of halogens is 13. The summed E-state index contributed by atoms with van der Waals surface area (Å²) in [4.78, 5) is 11.4. The third-order valence-corrected chi connectivity index (χ3v) is 4.07. The maximum absolute atomic E-state index is 13.7. The maximum atomic E-state index is 13.7. The van der Waals surface area contributed by atoms with Gasteiger partial charge >= 0.3 is 41.7 Å². The summed E-state index contributed by atoms with van der Waals surface area (Å²) < 4.78 is 169. The largest absolute Gasteiger partial charge is 0.460 e. The molecule has 1 aromatic rings. The second-order valence-electron chi connectivity index (χ2n) is 6.07. The molecule has 30 heavy (non-hydrogen) atoms. The number of nitrogens with one attached hydrogen (secondary N) is 1. The third kappa shape index (κ3) is 3.55. The molecule has 0 aromatic heterocycles. The normalized spacial score (nSPS) is 14.6. The molecule has 2 nitrogen and oxygen atoms in total. The molecule has 1 rings (SSSR count). The maximum Gasteiger partial charge on any atom is 0.460 e. The molecule has 0 bridgehead atoms. The van der Waals surface area contributed by atoms with E-state index in [1.165, 1.54) is 13.0 Å². The fraction of sp³-hybridized carbons (Fsp3) is 0.533. The van der Waals surface area contributed by atoms with Crippen LogP contribution in [0.15, 0.2) is 18.2 Å². The molecule has 0 saturated carbocycles. The van der Waals surface area contributed by atoms with Crippen LogP contribution in [0.2, 0.25) is 0 Å². The predicted molar refractivity (Wildman–Crippen MR) is 75.3 cm³/mol. The number of carbonyl (C=O) groups is 1. The van der Waals surface area contributed by atoms with Gasteiger partial charge < -0.3 is 5.32 Å². The van der Waals surface area contributed by atoms with Crippen LogP contribution < -0.4 is 5.32 Å². The minimum atomic E-state index is -8.05. The van der Waals surface area contributed by atoms with Gasteiger partial charge in [0.1, 0.15) is 0 Å². The Labute approximate surface area is 159 Å². The molecule has 0 aliphatic heterocycles. The minimum absolute atomic E-state index is 0.0503. The molecular formula is C15H10F13NO.